The quantitative estimate of drug-likeness (QED) is 0.804. The molecule has 2 aliphatic rings. The molecule has 0 aromatic carbocycles. The topological polar surface area (TPSA) is 74.2 Å². The summed E-state index contributed by atoms with van der Waals surface area (Å²) >= 11 is 0. The zero-order valence-corrected chi connectivity index (χ0v) is 9.71. The number of ether oxygens (including phenoxy) is 1. The van der Waals surface area contributed by atoms with E-state index in [-0.39, 0.29) is 12.1 Å². The number of nitrogens with two attached hydrogens (primary N) is 1. The minimum absolute atomic E-state index is 0.242. The number of aromatic nitrogens is 2. The standard InChI is InChI=1S/C12H17N3O2/c1-2-3-9(13)12-14-11(15-17-12)8-6-7-4-5-10(8)16-7/h2,7-10H,1,3-6,13H2. The fourth-order valence-electron chi connectivity index (χ4n) is 2.74. The van der Waals surface area contributed by atoms with E-state index in [9.17, 15) is 0 Å². The number of rotatable bonds is 4. The van der Waals surface area contributed by atoms with Gasteiger partial charge in [0.25, 0.3) is 0 Å². The van der Waals surface area contributed by atoms with Crippen molar-refractivity contribution < 1.29 is 9.26 Å². The monoisotopic (exact) mass is 235 g/mol. The molecule has 5 nitrogen and oxygen atoms in total. The summed E-state index contributed by atoms with van der Waals surface area (Å²) in [5.74, 6) is 1.55. The van der Waals surface area contributed by atoms with Crippen LogP contribution in [0.1, 0.15) is 49.4 Å². The van der Waals surface area contributed by atoms with Gasteiger partial charge in [-0.05, 0) is 25.7 Å². The second kappa shape index (κ2) is 4.23. The second-order valence-corrected chi connectivity index (χ2v) is 4.84. The first kappa shape index (κ1) is 10.9. The molecular weight excluding hydrogens is 218 g/mol. The van der Waals surface area contributed by atoms with Gasteiger partial charge in [0, 0.05) is 0 Å². The van der Waals surface area contributed by atoms with E-state index in [0.717, 1.165) is 18.7 Å². The lowest BCUT2D eigenvalue weighted by Crippen LogP contribution is -2.16. The molecule has 3 heterocycles. The van der Waals surface area contributed by atoms with Gasteiger partial charge in [0.2, 0.25) is 5.89 Å². The van der Waals surface area contributed by atoms with E-state index in [1.54, 1.807) is 6.08 Å². The highest BCUT2D eigenvalue weighted by molar-refractivity contribution is 5.07. The molecule has 1 aromatic heterocycles. The summed E-state index contributed by atoms with van der Waals surface area (Å²) in [5.41, 5.74) is 5.89. The summed E-state index contributed by atoms with van der Waals surface area (Å²) < 4.78 is 11.0. The fraction of sp³-hybridized carbons (Fsp3) is 0.667. The Balaban J connectivity index is 1.74. The van der Waals surface area contributed by atoms with E-state index in [2.05, 4.69) is 16.7 Å². The maximum absolute atomic E-state index is 5.89. The van der Waals surface area contributed by atoms with Crippen LogP contribution in [0.25, 0.3) is 0 Å². The van der Waals surface area contributed by atoms with Crippen molar-refractivity contribution in [1.29, 1.82) is 0 Å². The maximum atomic E-state index is 5.89. The Morgan fingerprint density at radius 1 is 1.53 bits per heavy atom. The minimum Gasteiger partial charge on any atom is -0.374 e. The zero-order valence-electron chi connectivity index (χ0n) is 9.71. The Bertz CT molecular complexity index is 418. The fourth-order valence-corrected chi connectivity index (χ4v) is 2.74. The van der Waals surface area contributed by atoms with Crippen molar-refractivity contribution in [2.45, 2.75) is 49.9 Å². The van der Waals surface area contributed by atoms with E-state index in [4.69, 9.17) is 15.0 Å². The van der Waals surface area contributed by atoms with Gasteiger partial charge in [0.05, 0.1) is 24.2 Å². The highest BCUT2D eigenvalue weighted by atomic mass is 16.5. The van der Waals surface area contributed by atoms with Crippen LogP contribution in [0.15, 0.2) is 17.2 Å². The SMILES string of the molecule is C=CCC(N)c1nc(C2CC3CCC2O3)no1. The first-order chi connectivity index (χ1) is 8.28. The molecule has 1 aromatic rings. The van der Waals surface area contributed by atoms with Gasteiger partial charge in [-0.2, -0.15) is 4.98 Å². The predicted molar refractivity (Wildman–Crippen MR) is 61.3 cm³/mol. The molecule has 2 aliphatic heterocycles. The number of hydrogen-bond donors (Lipinski definition) is 1. The van der Waals surface area contributed by atoms with Crippen molar-refractivity contribution >= 4 is 0 Å². The van der Waals surface area contributed by atoms with Gasteiger partial charge in [0.15, 0.2) is 5.82 Å². The van der Waals surface area contributed by atoms with Gasteiger partial charge in [-0.15, -0.1) is 6.58 Å². The normalized spacial score (nSPS) is 32.9. The van der Waals surface area contributed by atoms with Crippen LogP contribution < -0.4 is 5.73 Å². The van der Waals surface area contributed by atoms with Crippen LogP contribution in [0.2, 0.25) is 0 Å². The van der Waals surface area contributed by atoms with Gasteiger partial charge in [-0.25, -0.2) is 0 Å². The molecule has 4 atom stereocenters. The Hall–Kier alpha value is -1.20. The van der Waals surface area contributed by atoms with Crippen LogP contribution in [0.5, 0.6) is 0 Å². The summed E-state index contributed by atoms with van der Waals surface area (Å²) in [4.78, 5) is 4.40. The highest BCUT2D eigenvalue weighted by Crippen LogP contribution is 2.43. The molecule has 92 valence electrons. The van der Waals surface area contributed by atoms with Gasteiger partial charge in [-0.3, -0.25) is 0 Å². The van der Waals surface area contributed by atoms with Crippen molar-refractivity contribution in [3.05, 3.63) is 24.4 Å². The number of fused-ring (bicyclic) bond motifs is 2. The molecular formula is C12H17N3O2. The lowest BCUT2D eigenvalue weighted by molar-refractivity contribution is 0.0996. The average molecular weight is 235 g/mol. The molecule has 3 rings (SSSR count). The van der Waals surface area contributed by atoms with E-state index < -0.39 is 0 Å². The molecule has 0 radical (unpaired) electrons. The molecule has 2 bridgehead atoms. The molecule has 4 unspecified atom stereocenters. The number of hydrogen-bond acceptors (Lipinski definition) is 5. The minimum atomic E-state index is -0.242. The van der Waals surface area contributed by atoms with Crippen LogP contribution in [0.3, 0.4) is 0 Å². The average Bonchev–Trinajstić information content (AvgIpc) is 3.05. The van der Waals surface area contributed by atoms with Crippen LogP contribution in [-0.2, 0) is 4.74 Å². The summed E-state index contributed by atoms with van der Waals surface area (Å²) in [7, 11) is 0. The van der Waals surface area contributed by atoms with Gasteiger partial charge >= 0.3 is 0 Å². The van der Waals surface area contributed by atoms with Crippen molar-refractivity contribution in [1.82, 2.24) is 10.1 Å². The maximum Gasteiger partial charge on any atom is 0.243 e. The van der Waals surface area contributed by atoms with Crippen molar-refractivity contribution in [2.75, 3.05) is 0 Å². The zero-order chi connectivity index (χ0) is 11.8. The van der Waals surface area contributed by atoms with Gasteiger partial charge in [-0.1, -0.05) is 11.2 Å². The lowest BCUT2D eigenvalue weighted by atomic mass is 9.89. The molecule has 5 heteroatoms. The second-order valence-electron chi connectivity index (χ2n) is 4.84. The summed E-state index contributed by atoms with van der Waals surface area (Å²) in [6.07, 6.45) is 6.37. The Labute approximate surface area is 100 Å². The van der Waals surface area contributed by atoms with Crippen molar-refractivity contribution in [3.63, 3.8) is 0 Å². The van der Waals surface area contributed by atoms with E-state index in [0.29, 0.717) is 24.3 Å². The molecule has 2 N–H and O–H groups in total. The third-order valence-electron chi connectivity index (χ3n) is 3.63. The molecule has 17 heavy (non-hydrogen) atoms. The Morgan fingerprint density at radius 2 is 2.41 bits per heavy atom. The van der Waals surface area contributed by atoms with Crippen molar-refractivity contribution in [3.8, 4) is 0 Å². The lowest BCUT2D eigenvalue weighted by Gasteiger charge is -2.13. The first-order valence-electron chi connectivity index (χ1n) is 6.13. The highest BCUT2D eigenvalue weighted by Gasteiger charge is 2.43. The molecule has 0 amide bonds. The molecule has 0 saturated carbocycles. The Morgan fingerprint density at radius 3 is 3.06 bits per heavy atom. The third kappa shape index (κ3) is 1.89. The van der Waals surface area contributed by atoms with E-state index in [1.165, 1.54) is 6.42 Å². The van der Waals surface area contributed by atoms with E-state index in [1.807, 2.05) is 0 Å². The largest absolute Gasteiger partial charge is 0.374 e. The third-order valence-corrected chi connectivity index (χ3v) is 3.63. The van der Waals surface area contributed by atoms with E-state index >= 15 is 0 Å². The summed E-state index contributed by atoms with van der Waals surface area (Å²) in [6.45, 7) is 3.65. The molecule has 0 aliphatic carbocycles. The Kier molecular flexibility index (Phi) is 2.72. The van der Waals surface area contributed by atoms with Crippen LogP contribution >= 0.6 is 0 Å². The molecule has 2 fully saturated rings. The van der Waals surface area contributed by atoms with Crippen molar-refractivity contribution in [2.24, 2.45) is 5.73 Å². The number of nitrogens with zero attached hydrogens (tertiary/aromatic N) is 2. The molecule has 0 spiro atoms. The van der Waals surface area contributed by atoms with Crippen LogP contribution in [-0.4, -0.2) is 22.3 Å². The first-order valence-corrected chi connectivity index (χ1v) is 6.13. The van der Waals surface area contributed by atoms with Crippen LogP contribution in [0.4, 0.5) is 0 Å². The smallest absolute Gasteiger partial charge is 0.243 e. The van der Waals surface area contributed by atoms with Crippen LogP contribution in [0, 0.1) is 0 Å². The summed E-state index contributed by atoms with van der Waals surface area (Å²) in [5, 5.41) is 4.04. The van der Waals surface area contributed by atoms with Gasteiger partial charge in [0.1, 0.15) is 0 Å². The summed E-state index contributed by atoms with van der Waals surface area (Å²) in [6, 6.07) is -0.242. The predicted octanol–water partition coefficient (Wildman–Crippen LogP) is 1.68. The van der Waals surface area contributed by atoms with Gasteiger partial charge < -0.3 is 15.0 Å². The molecule has 2 saturated heterocycles.